The van der Waals surface area contributed by atoms with Crippen LogP contribution in [0.15, 0.2) is 12.3 Å². The number of pyridine rings is 1. The molecule has 0 bridgehead atoms. The second-order valence-corrected chi connectivity index (χ2v) is 2.69. The maximum Gasteiger partial charge on any atom is 0.490 e. The van der Waals surface area contributed by atoms with Crippen molar-refractivity contribution in [1.29, 1.82) is 0 Å². The van der Waals surface area contributed by atoms with E-state index in [0.717, 1.165) is 12.3 Å². The van der Waals surface area contributed by atoms with E-state index in [2.05, 4.69) is 4.98 Å². The number of aliphatic carboxylic acids is 1. The summed E-state index contributed by atoms with van der Waals surface area (Å²) in [6.45, 7) is 0. The van der Waals surface area contributed by atoms with Crippen LogP contribution in [0.2, 0.25) is 0 Å². The van der Waals surface area contributed by atoms with E-state index in [1.54, 1.807) is 0 Å². The molecule has 0 saturated heterocycles. The first-order valence-corrected chi connectivity index (χ1v) is 4.00. The Morgan fingerprint density at radius 1 is 1.28 bits per heavy atom. The smallest absolute Gasteiger partial charge is 0.478 e. The van der Waals surface area contributed by atoms with Crippen molar-refractivity contribution in [3.05, 3.63) is 23.6 Å². The van der Waals surface area contributed by atoms with Gasteiger partial charge in [0.15, 0.2) is 0 Å². The van der Waals surface area contributed by atoms with Gasteiger partial charge in [0.05, 0.1) is 6.20 Å². The summed E-state index contributed by atoms with van der Waals surface area (Å²) in [7, 11) is 0. The zero-order valence-corrected chi connectivity index (χ0v) is 8.40. The number of halogens is 4. The van der Waals surface area contributed by atoms with Crippen LogP contribution < -0.4 is 5.73 Å². The Bertz CT molecular complexity index is 461. The fourth-order valence-corrected chi connectivity index (χ4v) is 0.621. The molecule has 0 saturated carbocycles. The van der Waals surface area contributed by atoms with Crippen molar-refractivity contribution < 1.29 is 37.4 Å². The molecule has 6 nitrogen and oxygen atoms in total. The van der Waals surface area contributed by atoms with Gasteiger partial charge < -0.3 is 15.9 Å². The molecule has 0 atom stereocenters. The average molecular weight is 270 g/mol. The van der Waals surface area contributed by atoms with Gasteiger partial charge >= 0.3 is 18.1 Å². The molecule has 1 heterocycles. The quantitative estimate of drug-likeness (QED) is 0.659. The molecule has 1 aromatic rings. The number of aromatic nitrogens is 1. The van der Waals surface area contributed by atoms with Crippen LogP contribution in [-0.4, -0.2) is 33.3 Å². The Hall–Kier alpha value is -2.39. The van der Waals surface area contributed by atoms with Crippen molar-refractivity contribution in [2.75, 3.05) is 5.73 Å². The molecule has 0 aliphatic carbocycles. The molecule has 0 aromatic carbocycles. The molecular weight excluding hydrogens is 264 g/mol. The molecule has 0 radical (unpaired) electrons. The van der Waals surface area contributed by atoms with E-state index in [0.29, 0.717) is 0 Å². The summed E-state index contributed by atoms with van der Waals surface area (Å²) in [5.74, 6) is -4.93. The van der Waals surface area contributed by atoms with Crippen molar-refractivity contribution in [3.8, 4) is 0 Å². The fraction of sp³-hybridized carbons (Fsp3) is 0.125. The number of carboxylic acids is 2. The number of rotatable bonds is 1. The van der Waals surface area contributed by atoms with Gasteiger partial charge in [0.2, 0.25) is 0 Å². The Morgan fingerprint density at radius 3 is 2.00 bits per heavy atom. The van der Waals surface area contributed by atoms with Gasteiger partial charge in [0.25, 0.3) is 0 Å². The molecule has 0 aliphatic rings. The van der Waals surface area contributed by atoms with Crippen LogP contribution >= 0.6 is 0 Å². The van der Waals surface area contributed by atoms with E-state index in [4.69, 9.17) is 20.7 Å². The van der Waals surface area contributed by atoms with Crippen LogP contribution in [0.3, 0.4) is 0 Å². The number of anilines is 1. The maximum absolute atomic E-state index is 12.3. The van der Waals surface area contributed by atoms with Crippen molar-refractivity contribution in [2.45, 2.75) is 6.18 Å². The lowest BCUT2D eigenvalue weighted by Gasteiger charge is -1.97. The molecule has 0 unspecified atom stereocenters. The molecule has 0 fully saturated rings. The summed E-state index contributed by atoms with van der Waals surface area (Å²) in [5, 5.41) is 15.5. The fourth-order valence-electron chi connectivity index (χ4n) is 0.621. The summed E-state index contributed by atoms with van der Waals surface area (Å²) < 4.78 is 44.1. The molecule has 1 rings (SSSR count). The third-order valence-corrected chi connectivity index (χ3v) is 1.36. The second-order valence-electron chi connectivity index (χ2n) is 2.69. The van der Waals surface area contributed by atoms with Crippen LogP contribution in [0.1, 0.15) is 10.4 Å². The second kappa shape index (κ2) is 5.80. The van der Waals surface area contributed by atoms with Crippen LogP contribution in [-0.2, 0) is 4.79 Å². The van der Waals surface area contributed by atoms with Gasteiger partial charge in [-0.15, -0.1) is 0 Å². The number of alkyl halides is 3. The lowest BCUT2D eigenvalue weighted by Crippen LogP contribution is -2.21. The van der Waals surface area contributed by atoms with Crippen molar-refractivity contribution in [3.63, 3.8) is 0 Å². The van der Waals surface area contributed by atoms with E-state index in [1.165, 1.54) is 0 Å². The number of nitrogens with two attached hydrogens (primary N) is 1. The molecule has 0 aliphatic heterocycles. The van der Waals surface area contributed by atoms with E-state index in [1.807, 2.05) is 0 Å². The number of nitrogens with zero attached hydrogens (tertiary/aromatic N) is 1. The van der Waals surface area contributed by atoms with E-state index in [-0.39, 0.29) is 11.4 Å². The Balaban J connectivity index is 0.000000360. The average Bonchev–Trinajstić information content (AvgIpc) is 2.20. The van der Waals surface area contributed by atoms with Crippen LogP contribution in [0.5, 0.6) is 0 Å². The minimum atomic E-state index is -5.08. The first-order valence-electron chi connectivity index (χ1n) is 4.00. The number of carboxylic acid groups (broad SMARTS) is 2. The van der Waals surface area contributed by atoms with E-state index < -0.39 is 23.9 Å². The lowest BCUT2D eigenvalue weighted by atomic mass is 10.2. The molecular formula is C8H6F4N2O4. The number of carbonyl (C=O) groups is 2. The zero-order chi connectivity index (χ0) is 14.5. The van der Waals surface area contributed by atoms with Crippen LogP contribution in [0.25, 0.3) is 0 Å². The topological polar surface area (TPSA) is 114 Å². The molecule has 0 amide bonds. The van der Waals surface area contributed by atoms with Crippen molar-refractivity contribution in [1.82, 2.24) is 4.98 Å². The highest BCUT2D eigenvalue weighted by atomic mass is 19.4. The Morgan fingerprint density at radius 2 is 1.72 bits per heavy atom. The highest BCUT2D eigenvalue weighted by molar-refractivity contribution is 5.92. The summed E-state index contributed by atoms with van der Waals surface area (Å²) in [6, 6.07) is 0.824. The lowest BCUT2D eigenvalue weighted by molar-refractivity contribution is -0.192. The number of aromatic carboxylic acids is 1. The molecule has 4 N–H and O–H groups in total. The van der Waals surface area contributed by atoms with Gasteiger partial charge in [-0.2, -0.15) is 13.2 Å². The van der Waals surface area contributed by atoms with Gasteiger partial charge in [0, 0.05) is 0 Å². The number of nitrogen functional groups attached to an aromatic ring is 1. The van der Waals surface area contributed by atoms with Gasteiger partial charge in [-0.05, 0) is 6.07 Å². The van der Waals surface area contributed by atoms with Crippen LogP contribution in [0, 0.1) is 5.82 Å². The normalized spacial score (nSPS) is 10.2. The minimum absolute atomic E-state index is 0.182. The van der Waals surface area contributed by atoms with E-state index in [9.17, 15) is 22.4 Å². The molecule has 10 heteroatoms. The van der Waals surface area contributed by atoms with Gasteiger partial charge in [-0.1, -0.05) is 0 Å². The predicted octanol–water partition coefficient (Wildman–Crippen LogP) is 1.13. The Labute approximate surface area is 96.7 Å². The summed E-state index contributed by atoms with van der Waals surface area (Å²) in [5.41, 5.74) is 4.82. The highest BCUT2D eigenvalue weighted by Gasteiger charge is 2.38. The number of hydrogen-bond donors (Lipinski definition) is 3. The van der Waals surface area contributed by atoms with E-state index >= 15 is 0 Å². The first kappa shape index (κ1) is 15.6. The molecule has 1 aromatic heterocycles. The first-order chi connectivity index (χ1) is 8.05. The van der Waals surface area contributed by atoms with Gasteiger partial charge in [-0.25, -0.2) is 19.0 Å². The third kappa shape index (κ3) is 5.09. The summed E-state index contributed by atoms with van der Waals surface area (Å²) in [6.07, 6.45) is -4.22. The third-order valence-electron chi connectivity index (χ3n) is 1.36. The molecule has 18 heavy (non-hydrogen) atoms. The minimum Gasteiger partial charge on any atom is -0.478 e. The largest absolute Gasteiger partial charge is 0.490 e. The van der Waals surface area contributed by atoms with Crippen molar-refractivity contribution >= 4 is 17.8 Å². The summed E-state index contributed by atoms with van der Waals surface area (Å²) >= 11 is 0. The predicted molar refractivity (Wildman–Crippen MR) is 49.3 cm³/mol. The van der Waals surface area contributed by atoms with Gasteiger partial charge in [-0.3, -0.25) is 0 Å². The van der Waals surface area contributed by atoms with Crippen molar-refractivity contribution in [2.24, 2.45) is 0 Å². The summed E-state index contributed by atoms with van der Waals surface area (Å²) in [4.78, 5) is 22.5. The standard InChI is InChI=1S/C6H5FN2O2.C2HF3O2/c7-3-1-4(6(10)11)5(8)9-2-3;3-2(4,5)1(6)7/h1-2H,(H2,8,9)(H,10,11);(H,6,7). The zero-order valence-electron chi connectivity index (χ0n) is 8.40. The number of hydrogen-bond acceptors (Lipinski definition) is 4. The van der Waals surface area contributed by atoms with Gasteiger partial charge in [0.1, 0.15) is 17.2 Å². The monoisotopic (exact) mass is 270 g/mol. The van der Waals surface area contributed by atoms with Crippen LogP contribution in [0.4, 0.5) is 23.4 Å². The molecule has 0 spiro atoms. The SMILES string of the molecule is Nc1ncc(F)cc1C(=O)O.O=C(O)C(F)(F)F. The Kier molecular flexibility index (Phi) is 5.03. The maximum atomic E-state index is 12.3. The molecule has 100 valence electrons. The highest BCUT2D eigenvalue weighted by Crippen LogP contribution is 2.13.